The van der Waals surface area contributed by atoms with Crippen LogP contribution >= 0.6 is 0 Å². The van der Waals surface area contributed by atoms with E-state index in [1.54, 1.807) is 0 Å². The molecule has 1 rings (SSSR count). The largest absolute Gasteiger partial charge is 0.471 e. The first-order valence-corrected chi connectivity index (χ1v) is 5.03. The Morgan fingerprint density at radius 3 is 2.36 bits per heavy atom. The summed E-state index contributed by atoms with van der Waals surface area (Å²) in [6, 6.07) is 3.93. The lowest BCUT2D eigenvalue weighted by Gasteiger charge is -2.29. The van der Waals surface area contributed by atoms with Gasteiger partial charge in [0.2, 0.25) is 5.88 Å². The molecule has 1 aromatic heterocycles. The summed E-state index contributed by atoms with van der Waals surface area (Å²) < 4.78 is 5.81. The van der Waals surface area contributed by atoms with Crippen LogP contribution in [0, 0.1) is 12.8 Å². The molecule has 0 atom stereocenters. The number of aromatic nitrogens is 1. The van der Waals surface area contributed by atoms with Crippen molar-refractivity contribution in [1.29, 1.82) is 0 Å². The first kappa shape index (κ1) is 11.0. The van der Waals surface area contributed by atoms with E-state index in [9.17, 15) is 0 Å². The fourth-order valence-corrected chi connectivity index (χ4v) is 0.902. The molecule has 0 bridgehead atoms. The van der Waals surface area contributed by atoms with Gasteiger partial charge in [0, 0.05) is 12.3 Å². The molecule has 0 aliphatic rings. The highest BCUT2D eigenvalue weighted by Crippen LogP contribution is 2.22. The van der Waals surface area contributed by atoms with Crippen LogP contribution < -0.4 is 4.74 Å². The molecule has 14 heavy (non-hydrogen) atoms. The molecule has 0 saturated heterocycles. The molecular weight excluding hydrogens is 174 g/mol. The van der Waals surface area contributed by atoms with Crippen LogP contribution in [0.4, 0.5) is 0 Å². The van der Waals surface area contributed by atoms with Gasteiger partial charge in [-0.05, 0) is 32.3 Å². The molecule has 0 aliphatic carbocycles. The van der Waals surface area contributed by atoms with Crippen molar-refractivity contribution < 1.29 is 4.74 Å². The summed E-state index contributed by atoms with van der Waals surface area (Å²) in [6.45, 7) is 10.5. The van der Waals surface area contributed by atoms with Crippen LogP contribution in [0.1, 0.15) is 33.3 Å². The topological polar surface area (TPSA) is 22.1 Å². The van der Waals surface area contributed by atoms with Gasteiger partial charge < -0.3 is 4.74 Å². The Balaban J connectivity index is 2.74. The minimum absolute atomic E-state index is 0.164. The Kier molecular flexibility index (Phi) is 3.14. The van der Waals surface area contributed by atoms with Crippen LogP contribution in [0.3, 0.4) is 0 Å². The maximum absolute atomic E-state index is 5.81. The summed E-state index contributed by atoms with van der Waals surface area (Å²) in [5.74, 6) is 1.17. The normalized spacial score (nSPS) is 11.9. The summed E-state index contributed by atoms with van der Waals surface area (Å²) in [5.41, 5.74) is 0.988. The van der Waals surface area contributed by atoms with E-state index >= 15 is 0 Å². The molecule has 0 unspecified atom stereocenters. The lowest BCUT2D eigenvalue weighted by Crippen LogP contribution is -2.34. The first-order valence-electron chi connectivity index (χ1n) is 5.03. The van der Waals surface area contributed by atoms with Crippen molar-refractivity contribution in [1.82, 2.24) is 4.98 Å². The smallest absolute Gasteiger partial charge is 0.213 e. The number of aryl methyl sites for hydroxylation is 1. The van der Waals surface area contributed by atoms with Crippen molar-refractivity contribution in [2.24, 2.45) is 5.92 Å². The fourth-order valence-electron chi connectivity index (χ4n) is 0.902. The Labute approximate surface area is 86.3 Å². The van der Waals surface area contributed by atoms with Gasteiger partial charge in [-0.2, -0.15) is 0 Å². The second-order valence-corrected chi connectivity index (χ2v) is 4.53. The zero-order valence-electron chi connectivity index (χ0n) is 9.66. The second-order valence-electron chi connectivity index (χ2n) is 4.53. The second kappa shape index (κ2) is 3.99. The predicted molar refractivity (Wildman–Crippen MR) is 58.5 cm³/mol. The van der Waals surface area contributed by atoms with Gasteiger partial charge in [-0.15, -0.1) is 0 Å². The molecule has 0 aliphatic heterocycles. The molecule has 0 amide bonds. The van der Waals surface area contributed by atoms with Crippen molar-refractivity contribution in [2.75, 3.05) is 0 Å². The van der Waals surface area contributed by atoms with Crippen molar-refractivity contribution in [3.63, 3.8) is 0 Å². The van der Waals surface area contributed by atoms with Crippen molar-refractivity contribution in [3.8, 4) is 5.88 Å². The minimum atomic E-state index is -0.164. The zero-order chi connectivity index (χ0) is 10.8. The third-order valence-electron chi connectivity index (χ3n) is 2.64. The quantitative estimate of drug-likeness (QED) is 0.735. The predicted octanol–water partition coefficient (Wildman–Crippen LogP) is 3.20. The van der Waals surface area contributed by atoms with Crippen LogP contribution in [-0.2, 0) is 0 Å². The lowest BCUT2D eigenvalue weighted by atomic mass is 9.95. The summed E-state index contributed by atoms with van der Waals surface area (Å²) in [5, 5.41) is 0. The number of pyridine rings is 1. The third kappa shape index (κ3) is 2.72. The minimum Gasteiger partial charge on any atom is -0.471 e. The maximum atomic E-state index is 5.81. The van der Waals surface area contributed by atoms with Gasteiger partial charge in [-0.1, -0.05) is 19.9 Å². The average molecular weight is 193 g/mol. The molecule has 1 aromatic rings. The Bertz CT molecular complexity index is 288. The van der Waals surface area contributed by atoms with E-state index in [1.165, 1.54) is 0 Å². The molecular formula is C12H19NO. The van der Waals surface area contributed by atoms with Gasteiger partial charge in [0.1, 0.15) is 5.60 Å². The zero-order valence-corrected chi connectivity index (χ0v) is 9.66. The van der Waals surface area contributed by atoms with Crippen LogP contribution in [0.2, 0.25) is 0 Å². The first-order chi connectivity index (χ1) is 6.42. The summed E-state index contributed by atoms with van der Waals surface area (Å²) in [4.78, 5) is 4.22. The van der Waals surface area contributed by atoms with E-state index in [2.05, 4.69) is 32.7 Å². The molecule has 0 saturated carbocycles. The van der Waals surface area contributed by atoms with Gasteiger partial charge in [0.05, 0.1) is 0 Å². The van der Waals surface area contributed by atoms with Gasteiger partial charge in [0.25, 0.3) is 0 Å². The van der Waals surface area contributed by atoms with Crippen LogP contribution in [0.25, 0.3) is 0 Å². The Morgan fingerprint density at radius 1 is 1.29 bits per heavy atom. The molecule has 0 radical (unpaired) electrons. The van der Waals surface area contributed by atoms with E-state index in [4.69, 9.17) is 4.74 Å². The average Bonchev–Trinajstić information content (AvgIpc) is 2.08. The Morgan fingerprint density at radius 2 is 1.93 bits per heavy atom. The van der Waals surface area contributed by atoms with E-state index in [0.29, 0.717) is 11.8 Å². The summed E-state index contributed by atoms with van der Waals surface area (Å²) >= 11 is 0. The van der Waals surface area contributed by atoms with Gasteiger partial charge in [-0.3, -0.25) is 0 Å². The van der Waals surface area contributed by atoms with Crippen molar-refractivity contribution >= 4 is 0 Å². The molecule has 0 N–H and O–H groups in total. The van der Waals surface area contributed by atoms with E-state index in [0.717, 1.165) is 5.56 Å². The van der Waals surface area contributed by atoms with Gasteiger partial charge in [-0.25, -0.2) is 4.98 Å². The van der Waals surface area contributed by atoms with Crippen molar-refractivity contribution in [3.05, 3.63) is 23.9 Å². The molecule has 0 spiro atoms. The van der Waals surface area contributed by atoms with E-state index < -0.39 is 0 Å². The highest BCUT2D eigenvalue weighted by Gasteiger charge is 2.24. The number of nitrogens with zero attached hydrogens (tertiary/aromatic N) is 1. The molecule has 2 nitrogen and oxygen atoms in total. The third-order valence-corrected chi connectivity index (χ3v) is 2.64. The number of hydrogen-bond donors (Lipinski definition) is 0. The molecule has 78 valence electrons. The monoisotopic (exact) mass is 193 g/mol. The summed E-state index contributed by atoms with van der Waals surface area (Å²) in [7, 11) is 0. The number of hydrogen-bond acceptors (Lipinski definition) is 2. The lowest BCUT2D eigenvalue weighted by molar-refractivity contribution is 0.0550. The van der Waals surface area contributed by atoms with E-state index in [-0.39, 0.29) is 5.60 Å². The SMILES string of the molecule is Cc1ccc(OC(C)(C)C(C)C)nc1. The standard InChI is InChI=1S/C12H19NO/c1-9(2)12(4,5)14-11-7-6-10(3)8-13-11/h6-9H,1-5H3. The number of rotatable bonds is 3. The number of ether oxygens (including phenoxy) is 1. The maximum Gasteiger partial charge on any atom is 0.213 e. The van der Waals surface area contributed by atoms with E-state index in [1.807, 2.05) is 25.3 Å². The molecule has 1 heterocycles. The highest BCUT2D eigenvalue weighted by molar-refractivity contribution is 5.17. The van der Waals surface area contributed by atoms with Crippen molar-refractivity contribution in [2.45, 2.75) is 40.2 Å². The van der Waals surface area contributed by atoms with Crippen LogP contribution in [-0.4, -0.2) is 10.6 Å². The molecule has 2 heteroatoms. The van der Waals surface area contributed by atoms with Gasteiger partial charge in [0.15, 0.2) is 0 Å². The molecule has 0 aromatic carbocycles. The molecule has 0 fully saturated rings. The van der Waals surface area contributed by atoms with Gasteiger partial charge >= 0.3 is 0 Å². The fraction of sp³-hybridized carbons (Fsp3) is 0.583. The summed E-state index contributed by atoms with van der Waals surface area (Å²) in [6.07, 6.45) is 1.83. The highest BCUT2D eigenvalue weighted by atomic mass is 16.5. The van der Waals surface area contributed by atoms with Crippen LogP contribution in [0.5, 0.6) is 5.88 Å². The Hall–Kier alpha value is -1.05. The van der Waals surface area contributed by atoms with Crippen LogP contribution in [0.15, 0.2) is 18.3 Å².